The number of benzene rings is 1. The summed E-state index contributed by atoms with van der Waals surface area (Å²) < 4.78 is 0. The van der Waals surface area contributed by atoms with E-state index in [1.54, 1.807) is 0 Å². The lowest BCUT2D eigenvalue weighted by Gasteiger charge is -2.34. The third kappa shape index (κ3) is 3.16. The van der Waals surface area contributed by atoms with E-state index in [1.807, 2.05) is 29.2 Å². The lowest BCUT2D eigenvalue weighted by atomic mass is 9.99. The van der Waals surface area contributed by atoms with Gasteiger partial charge in [-0.1, -0.05) is 26.0 Å². The van der Waals surface area contributed by atoms with Crippen LogP contribution in [0.15, 0.2) is 24.3 Å². The lowest BCUT2D eigenvalue weighted by molar-refractivity contribution is 0.0503. The van der Waals surface area contributed by atoms with Gasteiger partial charge in [0.1, 0.15) is 0 Å². The molecule has 1 unspecified atom stereocenters. The molecule has 0 saturated carbocycles. The average molecular weight is 261 g/mol. The zero-order valence-corrected chi connectivity index (χ0v) is 11.8. The highest BCUT2D eigenvalue weighted by atomic mass is 16.3. The van der Waals surface area contributed by atoms with E-state index in [4.69, 9.17) is 0 Å². The smallest absolute Gasteiger partial charge is 0.254 e. The zero-order chi connectivity index (χ0) is 13.8. The molecule has 1 N–H and O–H groups in total. The van der Waals surface area contributed by atoms with Gasteiger partial charge in [-0.05, 0) is 42.9 Å². The van der Waals surface area contributed by atoms with Crippen LogP contribution in [0.4, 0.5) is 0 Å². The topological polar surface area (TPSA) is 40.5 Å². The molecule has 3 nitrogen and oxygen atoms in total. The number of nitrogens with zero attached hydrogens (tertiary/aromatic N) is 1. The summed E-state index contributed by atoms with van der Waals surface area (Å²) in [6.07, 6.45) is 3.04. The molecule has 104 valence electrons. The van der Waals surface area contributed by atoms with Gasteiger partial charge in [0.05, 0.1) is 12.6 Å². The molecule has 19 heavy (non-hydrogen) atoms. The van der Waals surface area contributed by atoms with Crippen molar-refractivity contribution in [3.8, 4) is 0 Å². The van der Waals surface area contributed by atoms with Crippen LogP contribution in [-0.4, -0.2) is 35.1 Å². The Balaban J connectivity index is 2.13. The van der Waals surface area contributed by atoms with E-state index in [2.05, 4.69) is 13.8 Å². The van der Waals surface area contributed by atoms with E-state index >= 15 is 0 Å². The summed E-state index contributed by atoms with van der Waals surface area (Å²) in [6, 6.07) is 7.85. The number of aliphatic hydroxyl groups is 1. The van der Waals surface area contributed by atoms with Gasteiger partial charge in [-0.2, -0.15) is 0 Å². The highest BCUT2D eigenvalue weighted by Crippen LogP contribution is 2.21. The van der Waals surface area contributed by atoms with Crippen molar-refractivity contribution in [3.63, 3.8) is 0 Å². The van der Waals surface area contributed by atoms with Gasteiger partial charge in [0, 0.05) is 12.1 Å². The van der Waals surface area contributed by atoms with Crippen LogP contribution in [-0.2, 0) is 0 Å². The number of aliphatic hydroxyl groups excluding tert-OH is 1. The summed E-state index contributed by atoms with van der Waals surface area (Å²) in [5, 5.41) is 9.38. The number of hydrogen-bond donors (Lipinski definition) is 1. The molecule has 1 fully saturated rings. The summed E-state index contributed by atoms with van der Waals surface area (Å²) in [6.45, 7) is 5.11. The molecule has 0 spiro atoms. The predicted molar refractivity (Wildman–Crippen MR) is 76.3 cm³/mol. The van der Waals surface area contributed by atoms with Gasteiger partial charge < -0.3 is 10.0 Å². The summed E-state index contributed by atoms with van der Waals surface area (Å²) in [5.74, 6) is 0.526. The second-order valence-corrected chi connectivity index (χ2v) is 5.61. The highest BCUT2D eigenvalue weighted by Gasteiger charge is 2.26. The molecule has 0 bridgehead atoms. The van der Waals surface area contributed by atoms with Crippen molar-refractivity contribution in [1.29, 1.82) is 0 Å². The van der Waals surface area contributed by atoms with Gasteiger partial charge in [-0.15, -0.1) is 0 Å². The van der Waals surface area contributed by atoms with Crippen molar-refractivity contribution >= 4 is 5.91 Å². The lowest BCUT2D eigenvalue weighted by Crippen LogP contribution is -2.45. The van der Waals surface area contributed by atoms with Crippen molar-refractivity contribution in [2.45, 2.75) is 45.1 Å². The summed E-state index contributed by atoms with van der Waals surface area (Å²) in [7, 11) is 0. The monoisotopic (exact) mass is 261 g/mol. The Labute approximate surface area is 115 Å². The van der Waals surface area contributed by atoms with Crippen LogP contribution >= 0.6 is 0 Å². The maximum atomic E-state index is 12.5. The summed E-state index contributed by atoms with van der Waals surface area (Å²) in [4.78, 5) is 14.3. The number of carbonyl (C=O) groups excluding carboxylic acids is 1. The molecule has 1 amide bonds. The fourth-order valence-corrected chi connectivity index (χ4v) is 2.63. The molecule has 3 heteroatoms. The van der Waals surface area contributed by atoms with E-state index in [0.717, 1.165) is 31.4 Å². The summed E-state index contributed by atoms with van der Waals surface area (Å²) in [5.41, 5.74) is 1.97. The van der Waals surface area contributed by atoms with Crippen molar-refractivity contribution in [3.05, 3.63) is 35.4 Å². The van der Waals surface area contributed by atoms with Gasteiger partial charge in [-0.3, -0.25) is 4.79 Å². The fourth-order valence-electron chi connectivity index (χ4n) is 2.63. The molecule has 1 saturated heterocycles. The molecular formula is C16H23NO2. The van der Waals surface area contributed by atoms with Crippen LogP contribution in [0, 0.1) is 0 Å². The van der Waals surface area contributed by atoms with Gasteiger partial charge in [0.2, 0.25) is 0 Å². The second kappa shape index (κ2) is 6.20. The number of rotatable bonds is 3. The maximum Gasteiger partial charge on any atom is 0.254 e. The van der Waals surface area contributed by atoms with Crippen LogP contribution in [0.25, 0.3) is 0 Å². The Hall–Kier alpha value is -1.35. The van der Waals surface area contributed by atoms with Crippen molar-refractivity contribution < 1.29 is 9.90 Å². The van der Waals surface area contributed by atoms with Gasteiger partial charge in [0.25, 0.3) is 5.91 Å². The zero-order valence-electron chi connectivity index (χ0n) is 11.8. The average Bonchev–Trinajstić information content (AvgIpc) is 2.46. The first kappa shape index (κ1) is 14.1. The molecule has 1 aliphatic heterocycles. The highest BCUT2D eigenvalue weighted by molar-refractivity contribution is 5.94. The summed E-state index contributed by atoms with van der Waals surface area (Å²) >= 11 is 0. The van der Waals surface area contributed by atoms with Crippen LogP contribution < -0.4 is 0 Å². The van der Waals surface area contributed by atoms with Crippen LogP contribution in [0.3, 0.4) is 0 Å². The molecule has 1 atom stereocenters. The van der Waals surface area contributed by atoms with Crippen molar-refractivity contribution in [1.82, 2.24) is 4.90 Å². The standard InChI is InChI=1S/C16H23NO2/c1-12(2)13-6-8-14(9-7-13)16(19)17-10-4-3-5-15(17)11-18/h6-9,12,15,18H,3-5,10-11H2,1-2H3. The Morgan fingerprint density at radius 1 is 1.32 bits per heavy atom. The first-order chi connectivity index (χ1) is 9.13. The largest absolute Gasteiger partial charge is 0.394 e. The minimum Gasteiger partial charge on any atom is -0.394 e. The number of hydrogen-bond acceptors (Lipinski definition) is 2. The number of carbonyl (C=O) groups is 1. The first-order valence-electron chi connectivity index (χ1n) is 7.15. The van der Waals surface area contributed by atoms with E-state index in [0.29, 0.717) is 5.92 Å². The second-order valence-electron chi connectivity index (χ2n) is 5.61. The molecule has 0 radical (unpaired) electrons. The van der Waals surface area contributed by atoms with Crippen molar-refractivity contribution in [2.75, 3.05) is 13.2 Å². The normalized spacial score (nSPS) is 19.8. The molecule has 1 aromatic rings. The van der Waals surface area contributed by atoms with E-state index in [9.17, 15) is 9.90 Å². The van der Waals surface area contributed by atoms with Gasteiger partial charge in [-0.25, -0.2) is 0 Å². The SMILES string of the molecule is CC(C)c1ccc(C(=O)N2CCCCC2CO)cc1. The number of likely N-dealkylation sites (tertiary alicyclic amines) is 1. The maximum absolute atomic E-state index is 12.5. The number of amides is 1. The molecule has 0 aromatic heterocycles. The van der Waals surface area contributed by atoms with Gasteiger partial charge >= 0.3 is 0 Å². The molecule has 1 aliphatic rings. The molecule has 1 heterocycles. The third-order valence-corrected chi connectivity index (χ3v) is 3.92. The Morgan fingerprint density at radius 2 is 2.00 bits per heavy atom. The first-order valence-corrected chi connectivity index (χ1v) is 7.15. The van der Waals surface area contributed by atoms with Crippen LogP contribution in [0.5, 0.6) is 0 Å². The minimum atomic E-state index is -0.00831. The molecule has 2 rings (SSSR count). The fraction of sp³-hybridized carbons (Fsp3) is 0.562. The van der Waals surface area contributed by atoms with E-state index in [-0.39, 0.29) is 18.6 Å². The molecule has 1 aromatic carbocycles. The minimum absolute atomic E-state index is 0.00831. The van der Waals surface area contributed by atoms with E-state index < -0.39 is 0 Å². The van der Waals surface area contributed by atoms with Crippen LogP contribution in [0.1, 0.15) is 54.9 Å². The van der Waals surface area contributed by atoms with Crippen molar-refractivity contribution in [2.24, 2.45) is 0 Å². The molecule has 0 aliphatic carbocycles. The van der Waals surface area contributed by atoms with Gasteiger partial charge in [0.15, 0.2) is 0 Å². The Morgan fingerprint density at radius 3 is 2.58 bits per heavy atom. The third-order valence-electron chi connectivity index (χ3n) is 3.92. The Kier molecular flexibility index (Phi) is 4.59. The quantitative estimate of drug-likeness (QED) is 0.909. The predicted octanol–water partition coefficient (Wildman–Crippen LogP) is 2.80. The Bertz CT molecular complexity index is 425. The van der Waals surface area contributed by atoms with Crippen LogP contribution in [0.2, 0.25) is 0 Å². The van der Waals surface area contributed by atoms with E-state index in [1.165, 1.54) is 5.56 Å². The molecular weight excluding hydrogens is 238 g/mol. The number of piperidine rings is 1.